The Labute approximate surface area is 74.7 Å². The summed E-state index contributed by atoms with van der Waals surface area (Å²) >= 11 is 0. The Morgan fingerprint density at radius 1 is 1.25 bits per heavy atom. The molecule has 0 aliphatic rings. The summed E-state index contributed by atoms with van der Waals surface area (Å²) in [7, 11) is 3.26. The summed E-state index contributed by atoms with van der Waals surface area (Å²) < 4.78 is 10.2. The molecule has 0 spiro atoms. The van der Waals surface area contributed by atoms with Crippen molar-refractivity contribution in [3.8, 4) is 0 Å². The molecule has 0 fully saturated rings. The highest BCUT2D eigenvalue weighted by molar-refractivity contribution is 4.69. The van der Waals surface area contributed by atoms with Crippen molar-refractivity contribution in [2.45, 2.75) is 33.0 Å². The molecule has 1 N–H and O–H groups in total. The maximum Gasteiger partial charge on any atom is 0.157 e. The highest BCUT2D eigenvalue weighted by atomic mass is 16.7. The van der Waals surface area contributed by atoms with E-state index in [1.54, 1.807) is 14.2 Å². The predicted molar refractivity (Wildman–Crippen MR) is 47.9 cm³/mol. The van der Waals surface area contributed by atoms with E-state index in [-0.39, 0.29) is 18.3 Å². The Hall–Kier alpha value is -0.120. The van der Waals surface area contributed by atoms with Gasteiger partial charge in [0, 0.05) is 27.2 Å². The van der Waals surface area contributed by atoms with E-state index in [4.69, 9.17) is 14.6 Å². The van der Waals surface area contributed by atoms with Crippen molar-refractivity contribution < 1.29 is 14.6 Å². The average Bonchev–Trinajstić information content (AvgIpc) is 2.00. The molecule has 0 saturated heterocycles. The molecule has 0 aliphatic heterocycles. The summed E-state index contributed by atoms with van der Waals surface area (Å²) in [5, 5.41) is 8.78. The molecule has 0 aliphatic carbocycles. The first kappa shape index (κ1) is 11.9. The van der Waals surface area contributed by atoms with Crippen LogP contribution in [0.25, 0.3) is 0 Å². The van der Waals surface area contributed by atoms with Gasteiger partial charge in [-0.15, -0.1) is 0 Å². The van der Waals surface area contributed by atoms with Gasteiger partial charge in [0.25, 0.3) is 0 Å². The van der Waals surface area contributed by atoms with Crippen molar-refractivity contribution in [1.82, 2.24) is 0 Å². The molecule has 0 atom stereocenters. The maximum atomic E-state index is 8.78. The van der Waals surface area contributed by atoms with Crippen molar-refractivity contribution in [3.63, 3.8) is 0 Å². The zero-order valence-corrected chi connectivity index (χ0v) is 8.46. The average molecular weight is 176 g/mol. The lowest BCUT2D eigenvalue weighted by molar-refractivity contribution is -0.123. The predicted octanol–water partition coefficient (Wildman–Crippen LogP) is 1.40. The topological polar surface area (TPSA) is 38.7 Å². The quantitative estimate of drug-likeness (QED) is 0.622. The lowest BCUT2D eigenvalue weighted by Gasteiger charge is -2.27. The van der Waals surface area contributed by atoms with Crippen LogP contribution in [0.5, 0.6) is 0 Å². The molecule has 0 heterocycles. The maximum absolute atomic E-state index is 8.78. The van der Waals surface area contributed by atoms with Crippen LogP contribution in [0.3, 0.4) is 0 Å². The fourth-order valence-corrected chi connectivity index (χ4v) is 1.12. The second-order valence-corrected chi connectivity index (χ2v) is 3.74. The zero-order valence-electron chi connectivity index (χ0n) is 8.46. The van der Waals surface area contributed by atoms with Gasteiger partial charge in [-0.3, -0.25) is 0 Å². The molecule has 0 aromatic carbocycles. The summed E-state index contributed by atoms with van der Waals surface area (Å²) in [6.07, 6.45) is 1.42. The largest absolute Gasteiger partial charge is 0.396 e. The summed E-state index contributed by atoms with van der Waals surface area (Å²) in [6.45, 7) is 4.40. The van der Waals surface area contributed by atoms with Crippen LogP contribution in [-0.2, 0) is 9.47 Å². The molecular weight excluding hydrogens is 156 g/mol. The lowest BCUT2D eigenvalue weighted by Crippen LogP contribution is -2.24. The highest BCUT2D eigenvalue weighted by Crippen LogP contribution is 2.27. The van der Waals surface area contributed by atoms with Crippen molar-refractivity contribution in [3.05, 3.63) is 0 Å². The number of methoxy groups -OCH3 is 2. The van der Waals surface area contributed by atoms with Gasteiger partial charge in [0.05, 0.1) is 0 Å². The lowest BCUT2D eigenvalue weighted by atomic mass is 9.86. The minimum absolute atomic E-state index is 0.0748. The molecule has 0 bridgehead atoms. The minimum atomic E-state index is -0.161. The number of hydrogen-bond acceptors (Lipinski definition) is 3. The van der Waals surface area contributed by atoms with Gasteiger partial charge in [-0.05, 0) is 11.8 Å². The van der Waals surface area contributed by atoms with Gasteiger partial charge in [-0.25, -0.2) is 0 Å². The van der Waals surface area contributed by atoms with E-state index in [1.165, 1.54) is 0 Å². The van der Waals surface area contributed by atoms with Crippen LogP contribution in [0.2, 0.25) is 0 Å². The van der Waals surface area contributed by atoms with Crippen LogP contribution in [0.15, 0.2) is 0 Å². The first-order valence-corrected chi connectivity index (χ1v) is 4.22. The summed E-state index contributed by atoms with van der Waals surface area (Å²) in [4.78, 5) is 0. The number of aliphatic hydroxyl groups excluding tert-OH is 1. The Bertz CT molecular complexity index is 108. The summed E-state index contributed by atoms with van der Waals surface area (Å²) in [6, 6.07) is 0. The normalized spacial score (nSPS) is 12.5. The molecule has 0 rings (SSSR count). The molecule has 3 heteroatoms. The van der Waals surface area contributed by atoms with E-state index in [0.29, 0.717) is 0 Å². The van der Waals surface area contributed by atoms with E-state index in [9.17, 15) is 0 Å². The van der Waals surface area contributed by atoms with E-state index < -0.39 is 0 Å². The number of aliphatic hydroxyl groups is 1. The third kappa shape index (κ3) is 4.70. The second kappa shape index (κ2) is 5.51. The smallest absolute Gasteiger partial charge is 0.157 e. The van der Waals surface area contributed by atoms with Gasteiger partial charge >= 0.3 is 0 Å². The van der Waals surface area contributed by atoms with Crippen LogP contribution < -0.4 is 0 Å². The summed E-state index contributed by atoms with van der Waals surface area (Å²) in [5.74, 6) is 0. The van der Waals surface area contributed by atoms with Crippen molar-refractivity contribution in [2.24, 2.45) is 5.41 Å². The minimum Gasteiger partial charge on any atom is -0.396 e. The van der Waals surface area contributed by atoms with Crippen LogP contribution >= 0.6 is 0 Å². The molecule has 0 amide bonds. The molecule has 12 heavy (non-hydrogen) atoms. The Morgan fingerprint density at radius 3 is 2.08 bits per heavy atom. The van der Waals surface area contributed by atoms with Gasteiger partial charge in [0.2, 0.25) is 0 Å². The third-order valence-electron chi connectivity index (χ3n) is 2.03. The van der Waals surface area contributed by atoms with Crippen molar-refractivity contribution in [1.29, 1.82) is 0 Å². The van der Waals surface area contributed by atoms with Crippen LogP contribution in [-0.4, -0.2) is 32.2 Å². The van der Waals surface area contributed by atoms with Crippen LogP contribution in [0.1, 0.15) is 26.7 Å². The van der Waals surface area contributed by atoms with Gasteiger partial charge < -0.3 is 14.6 Å². The molecule has 74 valence electrons. The molecule has 0 unspecified atom stereocenters. The van der Waals surface area contributed by atoms with Gasteiger partial charge in [0.15, 0.2) is 6.29 Å². The molecule has 0 radical (unpaired) electrons. The zero-order chi connectivity index (χ0) is 9.61. The standard InChI is InChI=1S/C9H20O3/c1-9(2,5-6-10)7-8(11-3)12-4/h8,10H,5-7H2,1-4H3. The highest BCUT2D eigenvalue weighted by Gasteiger charge is 2.22. The number of rotatable bonds is 6. The fourth-order valence-electron chi connectivity index (χ4n) is 1.12. The molecule has 0 aromatic heterocycles. The van der Waals surface area contributed by atoms with Gasteiger partial charge in [-0.1, -0.05) is 13.8 Å². The van der Waals surface area contributed by atoms with Gasteiger partial charge in [0.1, 0.15) is 0 Å². The Morgan fingerprint density at radius 2 is 1.75 bits per heavy atom. The SMILES string of the molecule is COC(CC(C)(C)CCO)OC. The Kier molecular flexibility index (Phi) is 5.46. The first-order valence-electron chi connectivity index (χ1n) is 4.22. The van der Waals surface area contributed by atoms with Gasteiger partial charge in [-0.2, -0.15) is 0 Å². The monoisotopic (exact) mass is 176 g/mol. The van der Waals surface area contributed by atoms with E-state index in [0.717, 1.165) is 12.8 Å². The third-order valence-corrected chi connectivity index (χ3v) is 2.03. The molecule has 0 aromatic rings. The van der Waals surface area contributed by atoms with Crippen LogP contribution in [0, 0.1) is 5.41 Å². The molecule has 0 saturated carbocycles. The molecule has 3 nitrogen and oxygen atoms in total. The van der Waals surface area contributed by atoms with E-state index in [1.807, 2.05) is 0 Å². The number of ether oxygens (including phenoxy) is 2. The van der Waals surface area contributed by atoms with E-state index >= 15 is 0 Å². The van der Waals surface area contributed by atoms with Crippen molar-refractivity contribution in [2.75, 3.05) is 20.8 Å². The first-order chi connectivity index (χ1) is 5.55. The van der Waals surface area contributed by atoms with Crippen LogP contribution in [0.4, 0.5) is 0 Å². The second-order valence-electron chi connectivity index (χ2n) is 3.74. The van der Waals surface area contributed by atoms with Crippen molar-refractivity contribution >= 4 is 0 Å². The van der Waals surface area contributed by atoms with E-state index in [2.05, 4.69) is 13.8 Å². The summed E-state index contributed by atoms with van der Waals surface area (Å²) in [5.41, 5.74) is 0.0748. The number of hydrogen-bond donors (Lipinski definition) is 1. The molecular formula is C9H20O3. The Balaban J connectivity index is 3.84. The fraction of sp³-hybridized carbons (Fsp3) is 1.00.